The van der Waals surface area contributed by atoms with Gasteiger partial charge >= 0.3 is 6.09 Å². The first kappa shape index (κ1) is 30.4. The molecule has 3 rings (SSSR count). The third-order valence-electron chi connectivity index (χ3n) is 6.69. The molecule has 2 aromatic rings. The molecular formula is C31H40N4O5. The molecule has 1 aliphatic carbocycles. The number of amides is 4. The van der Waals surface area contributed by atoms with E-state index in [2.05, 4.69) is 17.2 Å². The SMILES string of the molecule is C=Cc1cccc(C(C(=O)NCc2ccccc2)N(C(=O)C(CCC(N)=O)NC(=O)OC(C)(C)C)C2CCC2)c1. The van der Waals surface area contributed by atoms with Crippen molar-refractivity contribution in [3.8, 4) is 0 Å². The first-order chi connectivity index (χ1) is 19.0. The molecule has 1 saturated carbocycles. The second-order valence-corrected chi connectivity index (χ2v) is 11.0. The van der Waals surface area contributed by atoms with Crippen molar-refractivity contribution >= 4 is 29.9 Å². The van der Waals surface area contributed by atoms with Crippen LogP contribution in [-0.2, 0) is 25.7 Å². The number of nitrogens with one attached hydrogen (secondary N) is 2. The molecule has 0 saturated heterocycles. The Morgan fingerprint density at radius 1 is 1.10 bits per heavy atom. The van der Waals surface area contributed by atoms with Crippen molar-refractivity contribution in [3.63, 3.8) is 0 Å². The van der Waals surface area contributed by atoms with Crippen molar-refractivity contribution in [1.82, 2.24) is 15.5 Å². The molecule has 4 N–H and O–H groups in total. The maximum absolute atomic E-state index is 14.2. The summed E-state index contributed by atoms with van der Waals surface area (Å²) in [6.07, 6.45) is 3.07. The molecule has 0 bridgehead atoms. The van der Waals surface area contributed by atoms with Gasteiger partial charge in [0, 0.05) is 19.0 Å². The number of benzene rings is 2. The van der Waals surface area contributed by atoms with Gasteiger partial charge in [-0.3, -0.25) is 14.4 Å². The van der Waals surface area contributed by atoms with Crippen molar-refractivity contribution < 1.29 is 23.9 Å². The average Bonchev–Trinajstić information content (AvgIpc) is 2.87. The number of primary amides is 1. The van der Waals surface area contributed by atoms with Crippen LogP contribution in [0.4, 0.5) is 4.79 Å². The van der Waals surface area contributed by atoms with Crippen LogP contribution < -0.4 is 16.4 Å². The van der Waals surface area contributed by atoms with Gasteiger partial charge in [0.05, 0.1) is 0 Å². The molecule has 9 nitrogen and oxygen atoms in total. The molecule has 0 spiro atoms. The summed E-state index contributed by atoms with van der Waals surface area (Å²) in [5.74, 6) is -1.42. The topological polar surface area (TPSA) is 131 Å². The number of hydrogen-bond donors (Lipinski definition) is 3. The highest BCUT2D eigenvalue weighted by Crippen LogP contribution is 2.34. The van der Waals surface area contributed by atoms with E-state index in [1.807, 2.05) is 48.5 Å². The van der Waals surface area contributed by atoms with E-state index in [0.717, 1.165) is 17.5 Å². The fourth-order valence-electron chi connectivity index (χ4n) is 4.53. The monoisotopic (exact) mass is 548 g/mol. The Kier molecular flexibility index (Phi) is 10.5. The van der Waals surface area contributed by atoms with Crippen molar-refractivity contribution in [3.05, 3.63) is 77.9 Å². The third kappa shape index (κ3) is 8.69. The Labute approximate surface area is 236 Å². The molecule has 9 heteroatoms. The van der Waals surface area contributed by atoms with E-state index in [1.54, 1.807) is 37.8 Å². The molecule has 1 aliphatic rings. The predicted octanol–water partition coefficient (Wildman–Crippen LogP) is 4.23. The average molecular weight is 549 g/mol. The van der Waals surface area contributed by atoms with E-state index >= 15 is 0 Å². The van der Waals surface area contributed by atoms with E-state index in [-0.39, 0.29) is 31.3 Å². The van der Waals surface area contributed by atoms with Gasteiger partial charge in [-0.25, -0.2) is 4.79 Å². The molecule has 0 aromatic heterocycles. The predicted molar refractivity (Wildman–Crippen MR) is 154 cm³/mol. The summed E-state index contributed by atoms with van der Waals surface area (Å²) in [7, 11) is 0. The van der Waals surface area contributed by atoms with Gasteiger partial charge in [0.1, 0.15) is 17.7 Å². The quantitative estimate of drug-likeness (QED) is 0.365. The molecule has 0 heterocycles. The molecule has 1 fully saturated rings. The fourth-order valence-corrected chi connectivity index (χ4v) is 4.53. The minimum atomic E-state index is -1.12. The van der Waals surface area contributed by atoms with Gasteiger partial charge in [-0.1, -0.05) is 61.2 Å². The number of carbonyl (C=O) groups excluding carboxylic acids is 4. The molecule has 214 valence electrons. The van der Waals surface area contributed by atoms with Gasteiger partial charge in [0.15, 0.2) is 0 Å². The Morgan fingerprint density at radius 3 is 2.38 bits per heavy atom. The first-order valence-electron chi connectivity index (χ1n) is 13.6. The van der Waals surface area contributed by atoms with E-state index in [0.29, 0.717) is 18.4 Å². The standard InChI is InChI=1S/C31H40N4O5/c1-5-21-13-9-14-23(19-21)27(28(37)33-20-22-11-7-6-8-12-22)35(24-15-10-16-24)29(38)25(17-18-26(32)36)34-30(39)40-31(2,3)4/h5-9,11-14,19,24-25,27H,1,10,15-18,20H2,2-4H3,(H2,32,36)(H,33,37)(H,34,39). The van der Waals surface area contributed by atoms with Gasteiger partial charge in [-0.05, 0) is 69.2 Å². The smallest absolute Gasteiger partial charge is 0.408 e. The zero-order valence-electron chi connectivity index (χ0n) is 23.5. The highest BCUT2D eigenvalue weighted by molar-refractivity contribution is 5.93. The number of carbonyl (C=O) groups is 4. The summed E-state index contributed by atoms with van der Waals surface area (Å²) >= 11 is 0. The molecule has 2 unspecified atom stereocenters. The first-order valence-corrected chi connectivity index (χ1v) is 13.6. The van der Waals surface area contributed by atoms with Gasteiger partial charge in [-0.15, -0.1) is 0 Å². The van der Waals surface area contributed by atoms with Crippen LogP contribution in [0.3, 0.4) is 0 Å². The molecule has 0 aliphatic heterocycles. The Morgan fingerprint density at radius 2 is 1.80 bits per heavy atom. The summed E-state index contributed by atoms with van der Waals surface area (Å²) < 4.78 is 5.39. The zero-order chi connectivity index (χ0) is 29.3. The lowest BCUT2D eigenvalue weighted by molar-refractivity contribution is -0.147. The molecule has 4 amide bonds. The number of hydrogen-bond acceptors (Lipinski definition) is 5. The molecular weight excluding hydrogens is 508 g/mol. The van der Waals surface area contributed by atoms with Gasteiger partial charge in [0.25, 0.3) is 0 Å². The minimum Gasteiger partial charge on any atom is -0.444 e. The van der Waals surface area contributed by atoms with Crippen molar-refractivity contribution in [2.24, 2.45) is 5.73 Å². The molecule has 2 atom stereocenters. The Hall–Kier alpha value is -4.14. The van der Waals surface area contributed by atoms with Crippen molar-refractivity contribution in [2.75, 3.05) is 0 Å². The van der Waals surface area contributed by atoms with Crippen molar-refractivity contribution in [1.29, 1.82) is 0 Å². The second-order valence-electron chi connectivity index (χ2n) is 11.0. The van der Waals surface area contributed by atoms with Gasteiger partial charge in [0.2, 0.25) is 17.7 Å². The fraction of sp³-hybridized carbons (Fsp3) is 0.419. The van der Waals surface area contributed by atoms with E-state index in [1.165, 1.54) is 0 Å². The lowest BCUT2D eigenvalue weighted by atomic mass is 9.87. The number of rotatable bonds is 12. The Bertz CT molecular complexity index is 1200. The van der Waals surface area contributed by atoms with Crippen LogP contribution in [0.5, 0.6) is 0 Å². The van der Waals surface area contributed by atoms with Crippen LogP contribution in [0.15, 0.2) is 61.2 Å². The van der Waals surface area contributed by atoms with Crippen LogP contribution in [0.1, 0.15) is 75.6 Å². The maximum Gasteiger partial charge on any atom is 0.408 e. The lowest BCUT2D eigenvalue weighted by Gasteiger charge is -2.43. The number of alkyl carbamates (subject to hydrolysis) is 1. The lowest BCUT2D eigenvalue weighted by Crippen LogP contribution is -2.57. The van der Waals surface area contributed by atoms with Crippen LogP contribution in [0.25, 0.3) is 6.08 Å². The summed E-state index contributed by atoms with van der Waals surface area (Å²) in [6, 6.07) is 14.5. The molecule has 0 radical (unpaired) electrons. The number of ether oxygens (including phenoxy) is 1. The van der Waals surface area contributed by atoms with E-state index < -0.39 is 35.6 Å². The molecule has 2 aromatic carbocycles. The summed E-state index contributed by atoms with van der Waals surface area (Å²) in [5.41, 5.74) is 6.94. The largest absolute Gasteiger partial charge is 0.444 e. The highest BCUT2D eigenvalue weighted by Gasteiger charge is 2.42. The maximum atomic E-state index is 14.2. The third-order valence-corrected chi connectivity index (χ3v) is 6.69. The van der Waals surface area contributed by atoms with Crippen LogP contribution in [0, 0.1) is 0 Å². The van der Waals surface area contributed by atoms with Gasteiger partial charge in [-0.2, -0.15) is 0 Å². The number of nitrogens with zero attached hydrogens (tertiary/aromatic N) is 1. The van der Waals surface area contributed by atoms with Crippen LogP contribution in [-0.4, -0.2) is 46.4 Å². The molecule has 40 heavy (non-hydrogen) atoms. The van der Waals surface area contributed by atoms with Crippen LogP contribution in [0.2, 0.25) is 0 Å². The van der Waals surface area contributed by atoms with Crippen LogP contribution >= 0.6 is 0 Å². The summed E-state index contributed by atoms with van der Waals surface area (Å²) in [5, 5.41) is 5.62. The minimum absolute atomic E-state index is 0.0261. The normalized spacial score (nSPS) is 14.7. The van der Waals surface area contributed by atoms with E-state index in [4.69, 9.17) is 10.5 Å². The second kappa shape index (κ2) is 13.8. The number of nitrogens with two attached hydrogens (primary N) is 1. The van der Waals surface area contributed by atoms with Gasteiger partial charge < -0.3 is 26.0 Å². The summed E-state index contributed by atoms with van der Waals surface area (Å²) in [4.78, 5) is 54.0. The Balaban J connectivity index is 1.99. The zero-order valence-corrected chi connectivity index (χ0v) is 23.5. The summed E-state index contributed by atoms with van der Waals surface area (Å²) in [6.45, 7) is 9.27. The van der Waals surface area contributed by atoms with E-state index in [9.17, 15) is 19.2 Å². The van der Waals surface area contributed by atoms with Crippen molar-refractivity contribution in [2.45, 2.75) is 83.1 Å². The highest BCUT2D eigenvalue weighted by atomic mass is 16.6.